The zero-order chi connectivity index (χ0) is 21.0. The average molecular weight is 398 g/mol. The molecule has 3 rings (SSSR count). The van der Waals surface area contributed by atoms with Gasteiger partial charge in [0.25, 0.3) is 11.2 Å². The molecule has 1 amide bonds. The highest BCUT2D eigenvalue weighted by atomic mass is 16.6. The summed E-state index contributed by atoms with van der Waals surface area (Å²) in [4.78, 5) is 36.7. The summed E-state index contributed by atoms with van der Waals surface area (Å²) in [5.41, 5.74) is -1.58. The number of nitriles is 1. The van der Waals surface area contributed by atoms with Gasteiger partial charge in [0.15, 0.2) is 17.6 Å². The van der Waals surface area contributed by atoms with Crippen molar-refractivity contribution < 1.29 is 19.2 Å². The fourth-order valence-corrected chi connectivity index (χ4v) is 2.97. The molecule has 0 N–H and O–H groups in total. The van der Waals surface area contributed by atoms with Gasteiger partial charge in [0.2, 0.25) is 5.91 Å². The van der Waals surface area contributed by atoms with E-state index in [1.54, 1.807) is 25.1 Å². The van der Waals surface area contributed by atoms with Crippen LogP contribution in [0.4, 0.5) is 5.69 Å². The van der Waals surface area contributed by atoms with Gasteiger partial charge in [-0.15, -0.1) is 0 Å². The molecule has 0 unspecified atom stereocenters. The van der Waals surface area contributed by atoms with Gasteiger partial charge < -0.3 is 14.4 Å². The molecule has 0 radical (unpaired) electrons. The number of likely N-dealkylation sites (N-methyl/N-ethyl adjacent to an activating group) is 1. The number of benzene rings is 1. The Labute approximate surface area is 165 Å². The Bertz CT molecular complexity index is 1040. The molecule has 29 heavy (non-hydrogen) atoms. The van der Waals surface area contributed by atoms with Crippen molar-refractivity contribution in [2.75, 3.05) is 19.7 Å². The van der Waals surface area contributed by atoms with Gasteiger partial charge in [-0.25, -0.2) is 0 Å². The summed E-state index contributed by atoms with van der Waals surface area (Å²) in [6.07, 6.45) is 0.566. The zero-order valence-electron chi connectivity index (χ0n) is 15.6. The third kappa shape index (κ3) is 4.35. The number of amides is 1. The van der Waals surface area contributed by atoms with Gasteiger partial charge in [-0.1, -0.05) is 12.1 Å². The Morgan fingerprint density at radius 1 is 1.41 bits per heavy atom. The molecule has 10 heteroatoms. The van der Waals surface area contributed by atoms with Crippen LogP contribution in [-0.4, -0.2) is 46.1 Å². The summed E-state index contributed by atoms with van der Waals surface area (Å²) in [6.45, 7) is 2.17. The lowest BCUT2D eigenvalue weighted by atomic mass is 10.2. The fourth-order valence-electron chi connectivity index (χ4n) is 2.97. The van der Waals surface area contributed by atoms with Crippen LogP contribution in [0, 0.1) is 21.4 Å². The molecule has 0 aliphatic carbocycles. The van der Waals surface area contributed by atoms with E-state index >= 15 is 0 Å². The zero-order valence-corrected chi connectivity index (χ0v) is 15.6. The summed E-state index contributed by atoms with van der Waals surface area (Å²) < 4.78 is 12.4. The van der Waals surface area contributed by atoms with E-state index in [0.717, 1.165) is 16.8 Å². The number of nitrogens with zero attached hydrogens (tertiary/aromatic N) is 4. The summed E-state index contributed by atoms with van der Waals surface area (Å²) in [6, 6.07) is 9.72. The number of nitro groups is 1. The summed E-state index contributed by atoms with van der Waals surface area (Å²) in [7, 11) is 0. The van der Waals surface area contributed by atoms with Crippen molar-refractivity contribution >= 4 is 11.6 Å². The normalized spacial score (nSPS) is 14.7. The van der Waals surface area contributed by atoms with Crippen LogP contribution >= 0.6 is 0 Å². The lowest BCUT2D eigenvalue weighted by Crippen LogP contribution is -2.45. The third-order valence-corrected chi connectivity index (χ3v) is 4.43. The number of carbonyl (C=O) groups is 1. The number of fused-ring (bicyclic) bond motifs is 1. The van der Waals surface area contributed by atoms with Crippen molar-refractivity contribution in [1.29, 1.82) is 5.26 Å². The van der Waals surface area contributed by atoms with Gasteiger partial charge in [0.1, 0.15) is 24.8 Å². The first-order valence-corrected chi connectivity index (χ1v) is 8.88. The van der Waals surface area contributed by atoms with Crippen molar-refractivity contribution in [3.8, 4) is 17.6 Å². The molecule has 2 heterocycles. The smallest absolute Gasteiger partial charge is 0.287 e. The van der Waals surface area contributed by atoms with Gasteiger partial charge in [-0.3, -0.25) is 24.3 Å². The van der Waals surface area contributed by atoms with Crippen molar-refractivity contribution in [2.24, 2.45) is 0 Å². The van der Waals surface area contributed by atoms with Crippen LogP contribution in [0.1, 0.15) is 12.5 Å². The van der Waals surface area contributed by atoms with Crippen molar-refractivity contribution in [2.45, 2.75) is 19.6 Å². The molecule has 10 nitrogen and oxygen atoms in total. The Kier molecular flexibility index (Phi) is 5.78. The highest BCUT2D eigenvalue weighted by Crippen LogP contribution is 2.31. The Balaban J connectivity index is 1.74. The Morgan fingerprint density at radius 2 is 2.14 bits per heavy atom. The van der Waals surface area contributed by atoms with E-state index in [-0.39, 0.29) is 13.2 Å². The van der Waals surface area contributed by atoms with Crippen LogP contribution in [0.5, 0.6) is 11.5 Å². The molecular weight excluding hydrogens is 380 g/mol. The van der Waals surface area contributed by atoms with Crippen LogP contribution in [-0.2, 0) is 11.3 Å². The van der Waals surface area contributed by atoms with Gasteiger partial charge >= 0.3 is 0 Å². The minimum absolute atomic E-state index is 0.221. The first-order chi connectivity index (χ1) is 13.9. The van der Waals surface area contributed by atoms with Crippen LogP contribution in [0.2, 0.25) is 0 Å². The van der Waals surface area contributed by atoms with E-state index in [1.165, 1.54) is 4.90 Å². The number of carbonyl (C=O) groups excluding carboxylic acids is 1. The van der Waals surface area contributed by atoms with Gasteiger partial charge in [-0.2, -0.15) is 5.26 Å². The standard InChI is InChI=1S/C19H18N4O6/c1-2-21(10-15-12-28-16-5-3-4-6-17(16)29-15)18(24)11-22-9-14(23(26)27)7-13(8-20)19(22)25/h3-7,9,15H,2,10-12H2,1H3/t15-/m0/s1. The second kappa shape index (κ2) is 8.43. The van der Waals surface area contributed by atoms with E-state index in [9.17, 15) is 19.7 Å². The van der Waals surface area contributed by atoms with Crippen LogP contribution in [0.25, 0.3) is 0 Å². The lowest BCUT2D eigenvalue weighted by molar-refractivity contribution is -0.385. The number of rotatable bonds is 6. The molecule has 1 aliphatic heterocycles. The predicted octanol–water partition coefficient (Wildman–Crippen LogP) is 1.32. The van der Waals surface area contributed by atoms with Crippen molar-refractivity contribution in [3.05, 3.63) is 62.6 Å². The third-order valence-electron chi connectivity index (χ3n) is 4.43. The SMILES string of the molecule is CCN(C[C@H]1COc2ccccc2O1)C(=O)Cn1cc([N+](=O)[O-])cc(C#N)c1=O. The van der Waals surface area contributed by atoms with E-state index in [4.69, 9.17) is 14.7 Å². The average Bonchev–Trinajstić information content (AvgIpc) is 2.73. The lowest BCUT2D eigenvalue weighted by Gasteiger charge is -2.31. The Morgan fingerprint density at radius 3 is 2.79 bits per heavy atom. The van der Waals surface area contributed by atoms with Crippen LogP contribution < -0.4 is 15.0 Å². The highest BCUT2D eigenvalue weighted by molar-refractivity contribution is 5.76. The second-order valence-corrected chi connectivity index (χ2v) is 6.34. The summed E-state index contributed by atoms with van der Waals surface area (Å²) >= 11 is 0. The number of hydrogen-bond acceptors (Lipinski definition) is 7. The topological polar surface area (TPSA) is 128 Å². The predicted molar refractivity (Wildman–Crippen MR) is 101 cm³/mol. The van der Waals surface area contributed by atoms with E-state index in [1.807, 2.05) is 12.1 Å². The molecule has 150 valence electrons. The highest BCUT2D eigenvalue weighted by Gasteiger charge is 2.25. The molecule has 0 spiro atoms. The molecule has 0 saturated heterocycles. The van der Waals surface area contributed by atoms with E-state index in [0.29, 0.717) is 18.0 Å². The fraction of sp³-hybridized carbons (Fsp3) is 0.316. The maximum atomic E-state index is 12.7. The first-order valence-electron chi connectivity index (χ1n) is 8.88. The quantitative estimate of drug-likeness (QED) is 0.530. The molecule has 1 aromatic heterocycles. The monoisotopic (exact) mass is 398 g/mol. The van der Waals surface area contributed by atoms with Crippen LogP contribution in [0.3, 0.4) is 0 Å². The maximum absolute atomic E-state index is 12.7. The van der Waals surface area contributed by atoms with Gasteiger partial charge in [0.05, 0.1) is 17.7 Å². The number of aromatic nitrogens is 1. The van der Waals surface area contributed by atoms with Gasteiger partial charge in [-0.05, 0) is 19.1 Å². The number of para-hydroxylation sites is 2. The van der Waals surface area contributed by atoms with Crippen molar-refractivity contribution in [3.63, 3.8) is 0 Å². The van der Waals surface area contributed by atoms with Crippen molar-refractivity contribution in [1.82, 2.24) is 9.47 Å². The minimum atomic E-state index is -0.756. The maximum Gasteiger partial charge on any atom is 0.287 e. The Hall–Kier alpha value is -3.87. The van der Waals surface area contributed by atoms with E-state index < -0.39 is 40.3 Å². The number of pyridine rings is 1. The molecule has 0 saturated carbocycles. The van der Waals surface area contributed by atoms with Crippen LogP contribution in [0.15, 0.2) is 41.3 Å². The molecule has 1 aliphatic rings. The largest absolute Gasteiger partial charge is 0.486 e. The molecule has 1 aromatic carbocycles. The number of ether oxygens (including phenoxy) is 2. The second-order valence-electron chi connectivity index (χ2n) is 6.34. The van der Waals surface area contributed by atoms with E-state index in [2.05, 4.69) is 0 Å². The molecule has 2 aromatic rings. The molecule has 1 atom stereocenters. The first kappa shape index (κ1) is 19.9. The minimum Gasteiger partial charge on any atom is -0.486 e. The summed E-state index contributed by atoms with van der Waals surface area (Å²) in [5.74, 6) is 0.785. The molecule has 0 fully saturated rings. The molecule has 0 bridgehead atoms. The summed E-state index contributed by atoms with van der Waals surface area (Å²) in [5, 5.41) is 20.1. The number of hydrogen-bond donors (Lipinski definition) is 0. The molecular formula is C19H18N4O6. The van der Waals surface area contributed by atoms with Gasteiger partial charge in [0, 0.05) is 12.6 Å².